The molecule has 0 heterocycles. The van der Waals surface area contributed by atoms with Crippen LogP contribution in [0, 0.1) is 0 Å². The lowest BCUT2D eigenvalue weighted by Crippen LogP contribution is -1.74. The van der Waals surface area contributed by atoms with Gasteiger partial charge in [0.1, 0.15) is 0 Å². The standard InChI is InChI=1S/C9H17N.C2H6/c1-3-5-6-7-9-10-8-4-2;1-2/h6-7,9H,3-5,8H2,1-2H3;1-2H3/b7-6+,10-9?;. The summed E-state index contributed by atoms with van der Waals surface area (Å²) in [5.41, 5.74) is 0. The van der Waals surface area contributed by atoms with Gasteiger partial charge in [-0.2, -0.15) is 0 Å². The molecule has 0 N–H and O–H groups in total. The summed E-state index contributed by atoms with van der Waals surface area (Å²) >= 11 is 0. The summed E-state index contributed by atoms with van der Waals surface area (Å²) in [6.45, 7) is 9.26. The Kier molecular flexibility index (Phi) is 19.5. The second-order valence-corrected chi connectivity index (χ2v) is 2.27. The largest absolute Gasteiger partial charge is 0.293 e. The van der Waals surface area contributed by atoms with Gasteiger partial charge >= 0.3 is 0 Å². The minimum Gasteiger partial charge on any atom is -0.293 e. The van der Waals surface area contributed by atoms with E-state index in [-0.39, 0.29) is 0 Å². The molecule has 0 aromatic heterocycles. The van der Waals surface area contributed by atoms with Crippen LogP contribution in [0.3, 0.4) is 0 Å². The third-order valence-corrected chi connectivity index (χ3v) is 1.14. The van der Waals surface area contributed by atoms with Crippen molar-refractivity contribution in [3.05, 3.63) is 12.2 Å². The molecule has 0 aliphatic rings. The molecule has 0 bridgehead atoms. The Bertz CT molecular complexity index is 89.6. The van der Waals surface area contributed by atoms with Crippen LogP contribution >= 0.6 is 0 Å². The Morgan fingerprint density at radius 1 is 1.08 bits per heavy atom. The zero-order valence-electron chi connectivity index (χ0n) is 9.01. The van der Waals surface area contributed by atoms with Crippen molar-refractivity contribution in [3.8, 4) is 0 Å². The summed E-state index contributed by atoms with van der Waals surface area (Å²) < 4.78 is 0. The van der Waals surface area contributed by atoms with Crippen LogP contribution in [0.4, 0.5) is 0 Å². The molecule has 0 aliphatic heterocycles. The normalized spacial score (nSPS) is 10.3. The van der Waals surface area contributed by atoms with Crippen LogP contribution in [0.15, 0.2) is 17.1 Å². The van der Waals surface area contributed by atoms with Crippen molar-refractivity contribution in [2.75, 3.05) is 6.54 Å². The van der Waals surface area contributed by atoms with Crippen molar-refractivity contribution in [1.82, 2.24) is 0 Å². The van der Waals surface area contributed by atoms with E-state index in [2.05, 4.69) is 24.9 Å². The maximum atomic E-state index is 4.15. The molecule has 0 saturated heterocycles. The maximum absolute atomic E-state index is 4.15. The first-order chi connectivity index (χ1) is 5.91. The van der Waals surface area contributed by atoms with Gasteiger partial charge in [0.05, 0.1) is 0 Å². The van der Waals surface area contributed by atoms with E-state index in [9.17, 15) is 0 Å². The Morgan fingerprint density at radius 2 is 1.75 bits per heavy atom. The van der Waals surface area contributed by atoms with Crippen LogP contribution in [0.25, 0.3) is 0 Å². The molecular weight excluding hydrogens is 146 g/mol. The van der Waals surface area contributed by atoms with Gasteiger partial charge in [0.25, 0.3) is 0 Å². The fourth-order valence-corrected chi connectivity index (χ4v) is 0.588. The topological polar surface area (TPSA) is 12.4 Å². The molecule has 72 valence electrons. The molecule has 0 saturated carbocycles. The second-order valence-electron chi connectivity index (χ2n) is 2.27. The lowest BCUT2D eigenvalue weighted by atomic mass is 10.3. The Labute approximate surface area is 77.6 Å². The number of hydrogen-bond acceptors (Lipinski definition) is 1. The van der Waals surface area contributed by atoms with E-state index < -0.39 is 0 Å². The number of hydrogen-bond donors (Lipinski definition) is 0. The Morgan fingerprint density at radius 3 is 2.25 bits per heavy atom. The van der Waals surface area contributed by atoms with Gasteiger partial charge in [-0.3, -0.25) is 4.99 Å². The zero-order valence-corrected chi connectivity index (χ0v) is 9.01. The number of unbranched alkanes of at least 4 members (excludes halogenated alkanes) is 1. The number of aliphatic imine (C=N–C) groups is 1. The van der Waals surface area contributed by atoms with Gasteiger partial charge in [-0.25, -0.2) is 0 Å². The summed E-state index contributed by atoms with van der Waals surface area (Å²) in [7, 11) is 0. The van der Waals surface area contributed by atoms with Gasteiger partial charge in [-0.15, -0.1) is 0 Å². The number of nitrogens with zero attached hydrogens (tertiary/aromatic N) is 1. The molecule has 1 nitrogen and oxygen atoms in total. The third-order valence-electron chi connectivity index (χ3n) is 1.14. The molecule has 0 radical (unpaired) electrons. The van der Waals surface area contributed by atoms with E-state index in [4.69, 9.17) is 0 Å². The molecule has 0 aromatic rings. The van der Waals surface area contributed by atoms with Crippen molar-refractivity contribution in [1.29, 1.82) is 0 Å². The minimum absolute atomic E-state index is 0.955. The molecule has 0 atom stereocenters. The minimum atomic E-state index is 0.955. The van der Waals surface area contributed by atoms with Gasteiger partial charge in [0, 0.05) is 12.8 Å². The van der Waals surface area contributed by atoms with Crippen molar-refractivity contribution in [3.63, 3.8) is 0 Å². The Balaban J connectivity index is 0. The highest BCUT2D eigenvalue weighted by Crippen LogP contribution is 1.86. The van der Waals surface area contributed by atoms with Gasteiger partial charge in [-0.05, 0) is 18.9 Å². The first kappa shape index (κ1) is 14.0. The molecule has 1 heteroatoms. The third kappa shape index (κ3) is 16.2. The van der Waals surface area contributed by atoms with Crippen molar-refractivity contribution in [2.24, 2.45) is 4.99 Å². The highest BCUT2D eigenvalue weighted by atomic mass is 14.7. The molecule has 0 rings (SSSR count). The van der Waals surface area contributed by atoms with E-state index in [0.29, 0.717) is 0 Å². The van der Waals surface area contributed by atoms with Crippen LogP contribution < -0.4 is 0 Å². The summed E-state index contributed by atoms with van der Waals surface area (Å²) in [6, 6.07) is 0. The molecule has 0 amide bonds. The van der Waals surface area contributed by atoms with Gasteiger partial charge < -0.3 is 0 Å². The SMILES string of the molecule is CC.CCC/C=C/C=NCCC. The zero-order chi connectivity index (χ0) is 9.66. The molecular formula is C11H23N. The smallest absolute Gasteiger partial charge is 0.0386 e. The average Bonchev–Trinajstić information content (AvgIpc) is 2.15. The highest BCUT2D eigenvalue weighted by Gasteiger charge is 1.71. The van der Waals surface area contributed by atoms with Crippen LogP contribution in [0.5, 0.6) is 0 Å². The molecule has 0 spiro atoms. The first-order valence-electron chi connectivity index (χ1n) is 5.06. The molecule has 0 unspecified atom stereocenters. The van der Waals surface area contributed by atoms with E-state index >= 15 is 0 Å². The number of rotatable bonds is 5. The van der Waals surface area contributed by atoms with Crippen LogP contribution in [-0.4, -0.2) is 12.8 Å². The second kappa shape index (κ2) is 16.8. The summed E-state index contributed by atoms with van der Waals surface area (Å²) in [4.78, 5) is 4.15. The predicted molar refractivity (Wildman–Crippen MR) is 59.0 cm³/mol. The fourth-order valence-electron chi connectivity index (χ4n) is 0.588. The van der Waals surface area contributed by atoms with Crippen molar-refractivity contribution >= 4 is 6.21 Å². The first-order valence-corrected chi connectivity index (χ1v) is 5.06. The fraction of sp³-hybridized carbons (Fsp3) is 0.727. The highest BCUT2D eigenvalue weighted by molar-refractivity contribution is 5.70. The van der Waals surface area contributed by atoms with Crippen LogP contribution in [0.1, 0.15) is 47.0 Å². The van der Waals surface area contributed by atoms with E-state index in [1.807, 2.05) is 26.1 Å². The quantitative estimate of drug-likeness (QED) is 0.554. The maximum Gasteiger partial charge on any atom is 0.0386 e. The lowest BCUT2D eigenvalue weighted by Gasteiger charge is -1.82. The summed E-state index contributed by atoms with van der Waals surface area (Å²) in [5.74, 6) is 0. The van der Waals surface area contributed by atoms with Gasteiger partial charge in [0.2, 0.25) is 0 Å². The predicted octanol–water partition coefficient (Wildman–Crippen LogP) is 3.85. The van der Waals surface area contributed by atoms with E-state index in [0.717, 1.165) is 19.4 Å². The molecule has 12 heavy (non-hydrogen) atoms. The molecule has 0 aliphatic carbocycles. The van der Waals surface area contributed by atoms with Crippen molar-refractivity contribution < 1.29 is 0 Å². The van der Waals surface area contributed by atoms with Crippen molar-refractivity contribution in [2.45, 2.75) is 47.0 Å². The Hall–Kier alpha value is -0.590. The van der Waals surface area contributed by atoms with Crippen LogP contribution in [-0.2, 0) is 0 Å². The average molecular weight is 169 g/mol. The van der Waals surface area contributed by atoms with E-state index in [1.165, 1.54) is 6.42 Å². The van der Waals surface area contributed by atoms with Crippen LogP contribution in [0.2, 0.25) is 0 Å². The van der Waals surface area contributed by atoms with Gasteiger partial charge in [-0.1, -0.05) is 40.2 Å². The number of allylic oxidation sites excluding steroid dienone is 2. The van der Waals surface area contributed by atoms with Gasteiger partial charge in [0.15, 0.2) is 0 Å². The molecule has 0 fully saturated rings. The molecule has 0 aromatic carbocycles. The summed E-state index contributed by atoms with van der Waals surface area (Å²) in [5, 5.41) is 0. The monoisotopic (exact) mass is 169 g/mol. The lowest BCUT2D eigenvalue weighted by molar-refractivity contribution is 0.936. The van der Waals surface area contributed by atoms with E-state index in [1.54, 1.807) is 0 Å². The summed E-state index contributed by atoms with van der Waals surface area (Å²) in [6.07, 6.45) is 9.59.